The van der Waals surface area contributed by atoms with E-state index in [1.54, 1.807) is 0 Å². The molecule has 1 aliphatic heterocycles. The van der Waals surface area contributed by atoms with Crippen LogP contribution < -0.4 is 0 Å². The van der Waals surface area contributed by atoms with Crippen LogP contribution >= 0.6 is 27.3 Å². The van der Waals surface area contributed by atoms with Gasteiger partial charge in [0.2, 0.25) is 0 Å². The molecular weight excluding hydrogens is 330 g/mol. The standard InChI is InChI=1S/C13H18BrNO3S/c1-13(2)8-15(5-9(7-16)18-13)6-11(17)12-10(14)3-4-19-12/h3-4,9,16H,5-8H2,1-2H3. The maximum Gasteiger partial charge on any atom is 0.187 e. The van der Waals surface area contributed by atoms with E-state index < -0.39 is 0 Å². The predicted octanol–water partition coefficient (Wildman–Crippen LogP) is 2.17. The van der Waals surface area contributed by atoms with Gasteiger partial charge in [0.05, 0.1) is 29.7 Å². The summed E-state index contributed by atoms with van der Waals surface area (Å²) in [7, 11) is 0. The van der Waals surface area contributed by atoms with Gasteiger partial charge < -0.3 is 9.84 Å². The first kappa shape index (κ1) is 15.1. The average molecular weight is 348 g/mol. The number of hydrogen-bond acceptors (Lipinski definition) is 5. The van der Waals surface area contributed by atoms with Crippen LogP contribution in [-0.2, 0) is 4.74 Å². The third-order valence-corrected chi connectivity index (χ3v) is 4.87. The Balaban J connectivity index is 2.02. The van der Waals surface area contributed by atoms with Gasteiger partial charge in [0.1, 0.15) is 0 Å². The lowest BCUT2D eigenvalue weighted by molar-refractivity contribution is -0.146. The van der Waals surface area contributed by atoms with Gasteiger partial charge in [-0.05, 0) is 41.2 Å². The summed E-state index contributed by atoms with van der Waals surface area (Å²) in [5, 5.41) is 11.2. The van der Waals surface area contributed by atoms with Crippen molar-refractivity contribution < 1.29 is 14.6 Å². The van der Waals surface area contributed by atoms with E-state index in [0.29, 0.717) is 19.6 Å². The van der Waals surface area contributed by atoms with Crippen LogP contribution in [0.1, 0.15) is 23.5 Å². The number of nitrogens with zero attached hydrogens (tertiary/aromatic N) is 1. The van der Waals surface area contributed by atoms with Crippen LogP contribution in [0.15, 0.2) is 15.9 Å². The summed E-state index contributed by atoms with van der Waals surface area (Å²) in [5.74, 6) is 0.108. The molecule has 19 heavy (non-hydrogen) atoms. The Bertz CT molecular complexity index is 460. The molecule has 0 radical (unpaired) electrons. The van der Waals surface area contributed by atoms with Crippen LogP contribution in [0.5, 0.6) is 0 Å². The fourth-order valence-corrected chi connectivity index (χ4v) is 3.93. The molecule has 106 valence electrons. The van der Waals surface area contributed by atoms with E-state index in [1.165, 1.54) is 11.3 Å². The van der Waals surface area contributed by atoms with Gasteiger partial charge in [-0.25, -0.2) is 0 Å². The fourth-order valence-electron chi connectivity index (χ4n) is 2.40. The number of aliphatic hydroxyl groups excluding tert-OH is 1. The molecule has 6 heteroatoms. The van der Waals surface area contributed by atoms with Gasteiger partial charge in [-0.15, -0.1) is 11.3 Å². The molecule has 1 atom stereocenters. The number of carbonyl (C=O) groups is 1. The molecule has 2 rings (SSSR count). The van der Waals surface area contributed by atoms with Crippen molar-refractivity contribution in [3.8, 4) is 0 Å². The molecule has 0 aromatic carbocycles. The quantitative estimate of drug-likeness (QED) is 0.848. The summed E-state index contributed by atoms with van der Waals surface area (Å²) in [6, 6.07) is 1.89. The number of morpholine rings is 1. The summed E-state index contributed by atoms with van der Waals surface area (Å²) < 4.78 is 6.59. The lowest BCUT2D eigenvalue weighted by Crippen LogP contribution is -2.54. The zero-order chi connectivity index (χ0) is 14.0. The molecule has 0 bridgehead atoms. The van der Waals surface area contributed by atoms with E-state index >= 15 is 0 Å². The average Bonchev–Trinajstić information content (AvgIpc) is 2.73. The van der Waals surface area contributed by atoms with Gasteiger partial charge in [0.25, 0.3) is 0 Å². The molecule has 1 aliphatic rings. The number of ether oxygens (including phenoxy) is 1. The Morgan fingerprint density at radius 2 is 2.42 bits per heavy atom. The van der Waals surface area contributed by atoms with Gasteiger partial charge in [-0.2, -0.15) is 0 Å². The summed E-state index contributed by atoms with van der Waals surface area (Å²) >= 11 is 4.83. The van der Waals surface area contributed by atoms with E-state index in [2.05, 4.69) is 20.8 Å². The van der Waals surface area contributed by atoms with Crippen molar-refractivity contribution in [3.05, 3.63) is 20.8 Å². The molecule has 0 amide bonds. The van der Waals surface area contributed by atoms with Gasteiger partial charge in [-0.3, -0.25) is 9.69 Å². The van der Waals surface area contributed by atoms with Crippen molar-refractivity contribution in [2.75, 3.05) is 26.2 Å². The number of halogens is 1. The summed E-state index contributed by atoms with van der Waals surface area (Å²) in [6.45, 7) is 5.59. The summed E-state index contributed by atoms with van der Waals surface area (Å²) in [4.78, 5) is 15.0. The second-order valence-corrected chi connectivity index (χ2v) is 7.14. The van der Waals surface area contributed by atoms with Crippen LogP contribution in [0, 0.1) is 0 Å². The molecule has 1 aromatic rings. The molecule has 1 fully saturated rings. The smallest absolute Gasteiger partial charge is 0.187 e. The number of hydrogen-bond donors (Lipinski definition) is 1. The van der Waals surface area contributed by atoms with Crippen molar-refractivity contribution in [2.24, 2.45) is 0 Å². The second kappa shape index (κ2) is 6.01. The first-order chi connectivity index (χ1) is 8.91. The van der Waals surface area contributed by atoms with Gasteiger partial charge in [0, 0.05) is 17.6 Å². The highest BCUT2D eigenvalue weighted by Gasteiger charge is 2.34. The van der Waals surface area contributed by atoms with Gasteiger partial charge in [0.15, 0.2) is 5.78 Å². The Morgan fingerprint density at radius 1 is 1.68 bits per heavy atom. The maximum atomic E-state index is 12.2. The molecule has 0 spiro atoms. The lowest BCUT2D eigenvalue weighted by atomic mass is 10.0. The van der Waals surface area contributed by atoms with Crippen molar-refractivity contribution in [2.45, 2.75) is 25.6 Å². The number of aliphatic hydroxyl groups is 1. The third-order valence-electron chi connectivity index (χ3n) is 2.99. The number of ketones is 1. The molecule has 1 saturated heterocycles. The van der Waals surface area contributed by atoms with Crippen LogP contribution in [0.2, 0.25) is 0 Å². The van der Waals surface area contributed by atoms with Crippen LogP contribution in [0.4, 0.5) is 0 Å². The van der Waals surface area contributed by atoms with Crippen molar-refractivity contribution in [1.29, 1.82) is 0 Å². The number of carbonyl (C=O) groups excluding carboxylic acids is 1. The van der Waals surface area contributed by atoms with Crippen molar-refractivity contribution in [3.63, 3.8) is 0 Å². The Kier molecular flexibility index (Phi) is 4.79. The SMILES string of the molecule is CC1(C)CN(CC(=O)c2sccc2Br)CC(CO)O1. The minimum Gasteiger partial charge on any atom is -0.394 e. The Morgan fingerprint density at radius 3 is 3.00 bits per heavy atom. The molecule has 0 saturated carbocycles. The molecule has 0 aliphatic carbocycles. The van der Waals surface area contributed by atoms with Gasteiger partial charge >= 0.3 is 0 Å². The van der Waals surface area contributed by atoms with E-state index in [4.69, 9.17) is 4.74 Å². The van der Waals surface area contributed by atoms with Crippen LogP contribution in [-0.4, -0.2) is 53.7 Å². The third kappa shape index (κ3) is 3.86. The normalized spacial score (nSPS) is 23.5. The first-order valence-electron chi connectivity index (χ1n) is 6.18. The minimum absolute atomic E-state index is 0.0170. The van der Waals surface area contributed by atoms with Crippen molar-refractivity contribution in [1.82, 2.24) is 4.90 Å². The second-order valence-electron chi connectivity index (χ2n) is 5.37. The highest BCUT2D eigenvalue weighted by atomic mass is 79.9. The molecule has 1 N–H and O–H groups in total. The predicted molar refractivity (Wildman–Crippen MR) is 78.8 cm³/mol. The molecule has 1 unspecified atom stereocenters. The largest absolute Gasteiger partial charge is 0.394 e. The zero-order valence-electron chi connectivity index (χ0n) is 11.1. The molecule has 1 aromatic heterocycles. The van der Waals surface area contributed by atoms with Crippen LogP contribution in [0.25, 0.3) is 0 Å². The maximum absolute atomic E-state index is 12.2. The highest BCUT2D eigenvalue weighted by Crippen LogP contribution is 2.25. The molecule has 4 nitrogen and oxygen atoms in total. The number of Topliss-reactive ketones (excluding diaryl/α,β-unsaturated/α-hetero) is 1. The van der Waals surface area contributed by atoms with E-state index in [1.807, 2.05) is 25.3 Å². The Hall–Kier alpha value is -0.270. The number of thiophene rings is 1. The fraction of sp³-hybridized carbons (Fsp3) is 0.615. The Labute approximate surface area is 125 Å². The molecule has 2 heterocycles. The monoisotopic (exact) mass is 347 g/mol. The van der Waals surface area contributed by atoms with E-state index in [-0.39, 0.29) is 24.1 Å². The molecular formula is C13H18BrNO3S. The topological polar surface area (TPSA) is 49.8 Å². The minimum atomic E-state index is -0.335. The highest BCUT2D eigenvalue weighted by molar-refractivity contribution is 9.10. The number of rotatable bonds is 4. The first-order valence-corrected chi connectivity index (χ1v) is 7.86. The summed E-state index contributed by atoms with van der Waals surface area (Å²) in [5.41, 5.74) is -0.335. The van der Waals surface area contributed by atoms with Gasteiger partial charge in [-0.1, -0.05) is 0 Å². The van der Waals surface area contributed by atoms with Crippen molar-refractivity contribution >= 4 is 33.0 Å². The van der Waals surface area contributed by atoms with E-state index in [9.17, 15) is 9.90 Å². The zero-order valence-corrected chi connectivity index (χ0v) is 13.5. The van der Waals surface area contributed by atoms with Crippen LogP contribution in [0.3, 0.4) is 0 Å². The lowest BCUT2D eigenvalue weighted by Gasteiger charge is -2.42. The summed E-state index contributed by atoms with van der Waals surface area (Å²) in [6.07, 6.45) is -0.219. The van der Waals surface area contributed by atoms with E-state index in [0.717, 1.165) is 9.35 Å².